The second-order valence-corrected chi connectivity index (χ2v) is 7.00. The number of alkyl carbamates (subject to hydrolysis) is 1. The van der Waals surface area contributed by atoms with Gasteiger partial charge in [0.2, 0.25) is 0 Å². The standard InChI is InChI=1S/C19H22F2N4O3/c1-12(23-18(27)28-19(2,3)4)17(26)25(16-7-5-6-8-22-16)24-15-10-13(20)9-14(21)11-15/h5-12,24H,1-4H3,(H,23,27). The van der Waals surface area contributed by atoms with Gasteiger partial charge in [0.25, 0.3) is 5.91 Å². The number of carbonyl (C=O) groups is 2. The van der Waals surface area contributed by atoms with E-state index in [2.05, 4.69) is 15.7 Å². The number of ether oxygens (including phenoxy) is 1. The lowest BCUT2D eigenvalue weighted by Crippen LogP contribution is -2.50. The number of hydrogen-bond donors (Lipinski definition) is 2. The Morgan fingerprint density at radius 3 is 2.32 bits per heavy atom. The first-order valence-corrected chi connectivity index (χ1v) is 8.52. The van der Waals surface area contributed by atoms with Crippen molar-refractivity contribution < 1.29 is 23.1 Å². The van der Waals surface area contributed by atoms with Gasteiger partial charge in [0, 0.05) is 12.3 Å². The summed E-state index contributed by atoms with van der Waals surface area (Å²) >= 11 is 0. The van der Waals surface area contributed by atoms with Crippen molar-refractivity contribution in [2.75, 3.05) is 10.4 Å². The molecule has 28 heavy (non-hydrogen) atoms. The number of pyridine rings is 1. The molecule has 0 spiro atoms. The largest absolute Gasteiger partial charge is 0.444 e. The SMILES string of the molecule is CC(NC(=O)OC(C)(C)C)C(=O)N(Nc1cc(F)cc(F)c1)c1ccccn1. The zero-order valence-electron chi connectivity index (χ0n) is 16.0. The fraction of sp³-hybridized carbons (Fsp3) is 0.316. The third kappa shape index (κ3) is 6.19. The Hall–Kier alpha value is -3.23. The summed E-state index contributed by atoms with van der Waals surface area (Å²) in [5.74, 6) is -2.06. The molecule has 0 aliphatic carbocycles. The first kappa shape index (κ1) is 21.1. The summed E-state index contributed by atoms with van der Waals surface area (Å²) in [5, 5.41) is 3.42. The number of hydrogen-bond acceptors (Lipinski definition) is 5. The highest BCUT2D eigenvalue weighted by atomic mass is 19.1. The first-order chi connectivity index (χ1) is 13.0. The van der Waals surface area contributed by atoms with Crippen molar-refractivity contribution in [2.45, 2.75) is 39.3 Å². The van der Waals surface area contributed by atoms with Crippen LogP contribution < -0.4 is 15.8 Å². The van der Waals surface area contributed by atoms with Crippen LogP contribution in [0.2, 0.25) is 0 Å². The second kappa shape index (κ2) is 8.64. The summed E-state index contributed by atoms with van der Waals surface area (Å²) in [4.78, 5) is 28.9. The van der Waals surface area contributed by atoms with Gasteiger partial charge in [-0.15, -0.1) is 0 Å². The Morgan fingerprint density at radius 2 is 1.79 bits per heavy atom. The minimum atomic E-state index is -1.01. The molecule has 0 radical (unpaired) electrons. The van der Waals surface area contributed by atoms with E-state index in [4.69, 9.17) is 4.74 Å². The Bertz CT molecular complexity index is 821. The number of amides is 2. The molecule has 0 fully saturated rings. The summed E-state index contributed by atoms with van der Waals surface area (Å²) in [6.07, 6.45) is 0.682. The highest BCUT2D eigenvalue weighted by Gasteiger charge is 2.27. The Balaban J connectivity index is 2.23. The maximum absolute atomic E-state index is 13.5. The predicted molar refractivity (Wildman–Crippen MR) is 101 cm³/mol. The minimum Gasteiger partial charge on any atom is -0.444 e. The Morgan fingerprint density at radius 1 is 1.14 bits per heavy atom. The monoisotopic (exact) mass is 392 g/mol. The molecule has 150 valence electrons. The molecule has 1 unspecified atom stereocenters. The lowest BCUT2D eigenvalue weighted by molar-refractivity contribution is -0.120. The van der Waals surface area contributed by atoms with Crippen molar-refractivity contribution in [1.29, 1.82) is 0 Å². The maximum Gasteiger partial charge on any atom is 0.408 e. The topological polar surface area (TPSA) is 83.6 Å². The average molecular weight is 392 g/mol. The van der Waals surface area contributed by atoms with Crippen molar-refractivity contribution in [1.82, 2.24) is 10.3 Å². The van der Waals surface area contributed by atoms with Crippen LogP contribution in [0.5, 0.6) is 0 Å². The molecular weight excluding hydrogens is 370 g/mol. The van der Waals surface area contributed by atoms with Crippen molar-refractivity contribution in [3.05, 3.63) is 54.2 Å². The smallest absolute Gasteiger partial charge is 0.408 e. The third-order valence-corrected chi connectivity index (χ3v) is 3.31. The van der Waals surface area contributed by atoms with Crippen LogP contribution in [0.15, 0.2) is 42.6 Å². The quantitative estimate of drug-likeness (QED) is 0.759. The van der Waals surface area contributed by atoms with Crippen LogP contribution in [-0.4, -0.2) is 28.6 Å². The van der Waals surface area contributed by atoms with Gasteiger partial charge in [-0.3, -0.25) is 10.2 Å². The summed E-state index contributed by atoms with van der Waals surface area (Å²) in [6, 6.07) is 6.57. The van der Waals surface area contributed by atoms with Gasteiger partial charge in [-0.05, 0) is 52.0 Å². The average Bonchev–Trinajstić information content (AvgIpc) is 2.57. The number of nitrogens with zero attached hydrogens (tertiary/aromatic N) is 2. The molecule has 9 heteroatoms. The molecule has 1 aromatic heterocycles. The van der Waals surface area contributed by atoms with Crippen molar-refractivity contribution >= 4 is 23.5 Å². The van der Waals surface area contributed by atoms with E-state index in [1.807, 2.05) is 0 Å². The van der Waals surface area contributed by atoms with Gasteiger partial charge in [-0.2, -0.15) is 0 Å². The highest BCUT2D eigenvalue weighted by Crippen LogP contribution is 2.18. The van der Waals surface area contributed by atoms with E-state index in [-0.39, 0.29) is 11.5 Å². The molecule has 1 aromatic carbocycles. The molecule has 0 bridgehead atoms. The lowest BCUT2D eigenvalue weighted by atomic mass is 10.2. The van der Waals surface area contributed by atoms with Crippen LogP contribution >= 0.6 is 0 Å². The predicted octanol–water partition coefficient (Wildman–Crippen LogP) is 3.63. The normalized spacial score (nSPS) is 12.1. The number of anilines is 2. The zero-order valence-corrected chi connectivity index (χ0v) is 16.0. The molecule has 1 atom stereocenters. The highest BCUT2D eigenvalue weighted by molar-refractivity contribution is 5.99. The van der Waals surface area contributed by atoms with Gasteiger partial charge >= 0.3 is 6.09 Å². The van der Waals surface area contributed by atoms with Gasteiger partial charge in [0.15, 0.2) is 5.82 Å². The molecule has 2 rings (SSSR count). The van der Waals surface area contributed by atoms with Gasteiger partial charge in [-0.1, -0.05) is 6.07 Å². The summed E-state index contributed by atoms with van der Waals surface area (Å²) < 4.78 is 32.1. The molecule has 2 aromatic rings. The van der Waals surface area contributed by atoms with Crippen LogP contribution in [0, 0.1) is 11.6 Å². The number of nitrogens with one attached hydrogen (secondary N) is 2. The van der Waals surface area contributed by atoms with Gasteiger partial charge in [-0.25, -0.2) is 23.6 Å². The van der Waals surface area contributed by atoms with Crippen LogP contribution in [0.25, 0.3) is 0 Å². The van der Waals surface area contributed by atoms with Crippen molar-refractivity contribution in [2.24, 2.45) is 0 Å². The summed E-state index contributed by atoms with van der Waals surface area (Å²) in [7, 11) is 0. The summed E-state index contributed by atoms with van der Waals surface area (Å²) in [6.45, 7) is 6.54. The third-order valence-electron chi connectivity index (χ3n) is 3.31. The number of aromatic nitrogens is 1. The first-order valence-electron chi connectivity index (χ1n) is 8.52. The van der Waals surface area contributed by atoms with Crippen LogP contribution in [0.4, 0.5) is 25.1 Å². The summed E-state index contributed by atoms with van der Waals surface area (Å²) in [5.41, 5.74) is 1.90. The Kier molecular flexibility index (Phi) is 6.50. The van der Waals surface area contributed by atoms with E-state index < -0.39 is 35.3 Å². The van der Waals surface area contributed by atoms with Crippen LogP contribution in [0.1, 0.15) is 27.7 Å². The molecule has 2 N–H and O–H groups in total. The minimum absolute atomic E-state index is 0.000899. The van der Waals surface area contributed by atoms with E-state index in [1.54, 1.807) is 32.9 Å². The fourth-order valence-electron chi connectivity index (χ4n) is 2.20. The van der Waals surface area contributed by atoms with E-state index in [0.29, 0.717) is 6.07 Å². The van der Waals surface area contributed by atoms with Crippen molar-refractivity contribution in [3.63, 3.8) is 0 Å². The lowest BCUT2D eigenvalue weighted by Gasteiger charge is -2.27. The van der Waals surface area contributed by atoms with Gasteiger partial charge in [0.05, 0.1) is 5.69 Å². The number of hydrazine groups is 1. The molecule has 1 heterocycles. The van der Waals surface area contributed by atoms with Gasteiger partial charge in [0.1, 0.15) is 23.3 Å². The number of halogens is 2. The fourth-order valence-corrected chi connectivity index (χ4v) is 2.20. The number of carbonyl (C=O) groups excluding carboxylic acids is 2. The maximum atomic E-state index is 13.5. The molecule has 0 aliphatic heterocycles. The molecule has 7 nitrogen and oxygen atoms in total. The molecule has 0 aliphatic rings. The Labute approximate surface area is 161 Å². The molecule has 0 saturated heterocycles. The molecule has 2 amide bonds. The van der Waals surface area contributed by atoms with Gasteiger partial charge < -0.3 is 10.1 Å². The van der Waals surface area contributed by atoms with E-state index in [1.165, 1.54) is 19.2 Å². The van der Waals surface area contributed by atoms with Crippen LogP contribution in [0.3, 0.4) is 0 Å². The van der Waals surface area contributed by atoms with Crippen molar-refractivity contribution in [3.8, 4) is 0 Å². The molecular formula is C19H22F2N4O3. The second-order valence-electron chi connectivity index (χ2n) is 7.00. The number of benzene rings is 1. The zero-order chi connectivity index (χ0) is 20.9. The van der Waals surface area contributed by atoms with E-state index in [9.17, 15) is 18.4 Å². The molecule has 0 saturated carbocycles. The number of rotatable bonds is 5. The van der Waals surface area contributed by atoms with Crippen LogP contribution in [-0.2, 0) is 9.53 Å². The van der Waals surface area contributed by atoms with E-state index in [0.717, 1.165) is 17.1 Å². The van der Waals surface area contributed by atoms with E-state index >= 15 is 0 Å².